The van der Waals surface area contributed by atoms with Crippen molar-refractivity contribution >= 4 is 17.5 Å². The van der Waals surface area contributed by atoms with Gasteiger partial charge in [0.2, 0.25) is 5.91 Å². The van der Waals surface area contributed by atoms with Crippen molar-refractivity contribution in [2.75, 3.05) is 26.4 Å². The number of nitrogens with two attached hydrogens (primary N) is 1. The number of fused-ring (bicyclic) bond motifs is 1. The van der Waals surface area contributed by atoms with Gasteiger partial charge in [-0.2, -0.15) is 0 Å². The standard InChI is InChI=1S/C14H19N3O2/c1-16(2)13(18)4-3-7-17-9-10-5-6-11(15)8-12(10)14(17)19/h5-6,8H,3-4,7,9,15H2,1-2H3. The predicted octanol–water partition coefficient (Wildman–Crippen LogP) is 1.09. The summed E-state index contributed by atoms with van der Waals surface area (Å²) in [5, 5.41) is 0. The Morgan fingerprint density at radius 2 is 2.16 bits per heavy atom. The SMILES string of the molecule is CN(C)C(=O)CCCN1Cc2ccc(N)cc2C1=O. The van der Waals surface area contributed by atoms with Crippen LogP contribution in [0.5, 0.6) is 0 Å². The number of carbonyl (C=O) groups excluding carboxylic acids is 2. The molecule has 0 spiro atoms. The Kier molecular flexibility index (Phi) is 3.74. The van der Waals surface area contributed by atoms with Gasteiger partial charge in [0, 0.05) is 44.9 Å². The molecule has 5 heteroatoms. The molecule has 5 nitrogen and oxygen atoms in total. The molecule has 1 aromatic rings. The lowest BCUT2D eigenvalue weighted by Gasteiger charge is -2.16. The average Bonchev–Trinajstić information content (AvgIpc) is 2.66. The fourth-order valence-corrected chi connectivity index (χ4v) is 2.20. The fourth-order valence-electron chi connectivity index (χ4n) is 2.20. The van der Waals surface area contributed by atoms with Gasteiger partial charge in [-0.05, 0) is 24.1 Å². The number of nitrogen functional groups attached to an aromatic ring is 1. The Morgan fingerprint density at radius 1 is 1.42 bits per heavy atom. The first kappa shape index (κ1) is 13.4. The molecule has 1 aromatic carbocycles. The molecular formula is C14H19N3O2. The number of hydrogen-bond acceptors (Lipinski definition) is 3. The minimum atomic E-state index is 0.0135. The third-order valence-corrected chi connectivity index (χ3v) is 3.33. The summed E-state index contributed by atoms with van der Waals surface area (Å²) in [6.45, 7) is 1.22. The first-order chi connectivity index (χ1) is 8.99. The molecule has 0 saturated carbocycles. The van der Waals surface area contributed by atoms with Gasteiger partial charge in [-0.15, -0.1) is 0 Å². The summed E-state index contributed by atoms with van der Waals surface area (Å²) in [6.07, 6.45) is 1.15. The number of hydrogen-bond donors (Lipinski definition) is 1. The van der Waals surface area contributed by atoms with Crippen molar-refractivity contribution < 1.29 is 9.59 Å². The molecule has 19 heavy (non-hydrogen) atoms. The van der Waals surface area contributed by atoms with Crippen LogP contribution in [0.4, 0.5) is 5.69 Å². The molecule has 0 fully saturated rings. The summed E-state index contributed by atoms with van der Waals surface area (Å²) in [4.78, 5) is 26.9. The van der Waals surface area contributed by atoms with E-state index in [2.05, 4.69) is 0 Å². The molecule has 2 N–H and O–H groups in total. The zero-order valence-electron chi connectivity index (χ0n) is 11.3. The molecule has 0 unspecified atom stereocenters. The summed E-state index contributed by atoms with van der Waals surface area (Å²) in [5.74, 6) is 0.105. The number of benzene rings is 1. The van der Waals surface area contributed by atoms with Gasteiger partial charge in [-0.25, -0.2) is 0 Å². The van der Waals surface area contributed by atoms with E-state index in [0.29, 0.717) is 37.2 Å². The Labute approximate surface area is 113 Å². The highest BCUT2D eigenvalue weighted by Crippen LogP contribution is 2.24. The maximum atomic E-state index is 12.1. The van der Waals surface area contributed by atoms with Crippen LogP contribution in [-0.2, 0) is 11.3 Å². The van der Waals surface area contributed by atoms with Crippen LogP contribution in [0, 0.1) is 0 Å². The van der Waals surface area contributed by atoms with Crippen molar-refractivity contribution in [2.24, 2.45) is 0 Å². The van der Waals surface area contributed by atoms with E-state index < -0.39 is 0 Å². The molecule has 0 aromatic heterocycles. The molecule has 0 bridgehead atoms. The Balaban J connectivity index is 1.92. The molecule has 1 aliphatic rings. The van der Waals surface area contributed by atoms with Crippen LogP contribution in [0.1, 0.15) is 28.8 Å². The number of rotatable bonds is 4. The van der Waals surface area contributed by atoms with Gasteiger partial charge in [0.15, 0.2) is 0 Å². The van der Waals surface area contributed by atoms with E-state index in [1.54, 1.807) is 30.0 Å². The van der Waals surface area contributed by atoms with Crippen LogP contribution in [0.3, 0.4) is 0 Å². The first-order valence-corrected chi connectivity index (χ1v) is 6.37. The summed E-state index contributed by atoms with van der Waals surface area (Å²) in [7, 11) is 3.48. The number of anilines is 1. The second kappa shape index (κ2) is 5.30. The Hall–Kier alpha value is -2.04. The zero-order chi connectivity index (χ0) is 14.0. The van der Waals surface area contributed by atoms with Crippen molar-refractivity contribution in [1.82, 2.24) is 9.80 Å². The molecule has 1 aliphatic heterocycles. The largest absolute Gasteiger partial charge is 0.399 e. The minimum absolute atomic E-state index is 0.0135. The zero-order valence-corrected chi connectivity index (χ0v) is 11.3. The maximum absolute atomic E-state index is 12.1. The van der Waals surface area contributed by atoms with E-state index in [1.165, 1.54) is 0 Å². The van der Waals surface area contributed by atoms with E-state index in [-0.39, 0.29) is 11.8 Å². The highest BCUT2D eigenvalue weighted by molar-refractivity contribution is 5.99. The highest BCUT2D eigenvalue weighted by Gasteiger charge is 2.26. The number of amides is 2. The molecule has 1 heterocycles. The molecule has 0 saturated heterocycles. The average molecular weight is 261 g/mol. The Morgan fingerprint density at radius 3 is 2.84 bits per heavy atom. The van der Waals surface area contributed by atoms with Crippen molar-refractivity contribution in [3.8, 4) is 0 Å². The molecule has 102 valence electrons. The lowest BCUT2D eigenvalue weighted by molar-refractivity contribution is -0.128. The summed E-state index contributed by atoms with van der Waals surface area (Å²) in [6, 6.07) is 5.43. The second-order valence-electron chi connectivity index (χ2n) is 5.04. The molecule has 0 radical (unpaired) electrons. The topological polar surface area (TPSA) is 66.6 Å². The predicted molar refractivity (Wildman–Crippen MR) is 73.5 cm³/mol. The van der Waals surface area contributed by atoms with Crippen LogP contribution >= 0.6 is 0 Å². The van der Waals surface area contributed by atoms with Gasteiger partial charge in [0.25, 0.3) is 5.91 Å². The quantitative estimate of drug-likeness (QED) is 0.825. The van der Waals surface area contributed by atoms with Gasteiger partial charge >= 0.3 is 0 Å². The van der Waals surface area contributed by atoms with Crippen LogP contribution in [0.2, 0.25) is 0 Å². The van der Waals surface area contributed by atoms with Crippen LogP contribution in [0.15, 0.2) is 18.2 Å². The van der Waals surface area contributed by atoms with Gasteiger partial charge in [0.05, 0.1) is 0 Å². The monoisotopic (exact) mass is 261 g/mol. The number of nitrogens with zero attached hydrogens (tertiary/aromatic N) is 2. The van der Waals surface area contributed by atoms with E-state index in [4.69, 9.17) is 5.73 Å². The van der Waals surface area contributed by atoms with Gasteiger partial charge in [0.1, 0.15) is 0 Å². The summed E-state index contributed by atoms with van der Waals surface area (Å²) >= 11 is 0. The van der Waals surface area contributed by atoms with E-state index >= 15 is 0 Å². The van der Waals surface area contributed by atoms with Crippen molar-refractivity contribution in [1.29, 1.82) is 0 Å². The maximum Gasteiger partial charge on any atom is 0.254 e. The van der Waals surface area contributed by atoms with Crippen LogP contribution in [-0.4, -0.2) is 42.3 Å². The van der Waals surface area contributed by atoms with Crippen molar-refractivity contribution in [3.05, 3.63) is 29.3 Å². The van der Waals surface area contributed by atoms with Crippen LogP contribution in [0.25, 0.3) is 0 Å². The smallest absolute Gasteiger partial charge is 0.254 e. The molecule has 0 atom stereocenters. The third-order valence-electron chi connectivity index (χ3n) is 3.33. The summed E-state index contributed by atoms with van der Waals surface area (Å²) in [5.41, 5.74) is 8.00. The normalized spacial score (nSPS) is 13.6. The molecule has 2 amide bonds. The highest BCUT2D eigenvalue weighted by atomic mass is 16.2. The second-order valence-corrected chi connectivity index (χ2v) is 5.04. The first-order valence-electron chi connectivity index (χ1n) is 6.37. The van der Waals surface area contributed by atoms with Gasteiger partial charge < -0.3 is 15.5 Å². The summed E-state index contributed by atoms with van der Waals surface area (Å²) < 4.78 is 0. The van der Waals surface area contributed by atoms with E-state index in [0.717, 1.165) is 5.56 Å². The van der Waals surface area contributed by atoms with Crippen molar-refractivity contribution in [2.45, 2.75) is 19.4 Å². The van der Waals surface area contributed by atoms with Crippen molar-refractivity contribution in [3.63, 3.8) is 0 Å². The Bertz CT molecular complexity index is 511. The molecule has 0 aliphatic carbocycles. The lowest BCUT2D eigenvalue weighted by atomic mass is 10.1. The minimum Gasteiger partial charge on any atom is -0.399 e. The molecule has 2 rings (SSSR count). The van der Waals surface area contributed by atoms with E-state index in [9.17, 15) is 9.59 Å². The lowest BCUT2D eigenvalue weighted by Crippen LogP contribution is -2.27. The van der Waals surface area contributed by atoms with Crippen LogP contribution < -0.4 is 5.73 Å². The third kappa shape index (κ3) is 2.86. The van der Waals surface area contributed by atoms with Gasteiger partial charge in [-0.3, -0.25) is 9.59 Å². The fraction of sp³-hybridized carbons (Fsp3) is 0.429. The van der Waals surface area contributed by atoms with E-state index in [1.807, 2.05) is 12.1 Å². The van der Waals surface area contributed by atoms with Gasteiger partial charge in [-0.1, -0.05) is 6.07 Å². The number of carbonyl (C=O) groups is 2. The molecular weight excluding hydrogens is 242 g/mol.